The van der Waals surface area contributed by atoms with Gasteiger partial charge in [0, 0.05) is 5.02 Å². The van der Waals surface area contributed by atoms with Crippen LogP contribution in [0.5, 0.6) is 11.5 Å². The minimum atomic E-state index is -3.69. The molecule has 0 fully saturated rings. The molecule has 0 aromatic heterocycles. The molecule has 150 valence electrons. The number of amides is 1. The van der Waals surface area contributed by atoms with Crippen LogP contribution in [0.4, 0.5) is 5.69 Å². The van der Waals surface area contributed by atoms with Crippen molar-refractivity contribution in [1.29, 1.82) is 0 Å². The second-order valence-corrected chi connectivity index (χ2v) is 8.00. The molecule has 0 atom stereocenters. The lowest BCUT2D eigenvalue weighted by Gasteiger charge is -2.21. The number of halogens is 1. The molecule has 1 N–H and O–H groups in total. The first-order valence-electron chi connectivity index (χ1n) is 8.02. The van der Waals surface area contributed by atoms with Crippen LogP contribution in [0.1, 0.15) is 5.56 Å². The third-order valence-electron chi connectivity index (χ3n) is 3.59. The number of nitrogens with one attached hydrogen (secondary N) is 1. The maximum Gasteiger partial charge on any atom is 0.260 e. The molecule has 10 heteroatoms. The van der Waals surface area contributed by atoms with Crippen molar-refractivity contribution in [3.05, 3.63) is 53.1 Å². The number of hydrogen-bond donors (Lipinski definition) is 1. The highest BCUT2D eigenvalue weighted by Gasteiger charge is 2.20. The van der Waals surface area contributed by atoms with Crippen LogP contribution in [0.2, 0.25) is 5.02 Å². The van der Waals surface area contributed by atoms with Crippen molar-refractivity contribution in [2.24, 2.45) is 5.10 Å². The van der Waals surface area contributed by atoms with Crippen LogP contribution in [-0.4, -0.2) is 47.6 Å². The lowest BCUT2D eigenvalue weighted by Crippen LogP contribution is -2.39. The fraction of sp³-hybridized carbons (Fsp3) is 0.222. The summed E-state index contributed by atoms with van der Waals surface area (Å²) in [6.07, 6.45) is 2.41. The normalized spacial score (nSPS) is 11.3. The molecule has 8 nitrogen and oxygen atoms in total. The van der Waals surface area contributed by atoms with Crippen LogP contribution in [0.15, 0.2) is 47.6 Å². The van der Waals surface area contributed by atoms with E-state index in [4.69, 9.17) is 21.1 Å². The van der Waals surface area contributed by atoms with E-state index in [2.05, 4.69) is 10.5 Å². The summed E-state index contributed by atoms with van der Waals surface area (Å²) in [5.74, 6) is 0.470. The van der Waals surface area contributed by atoms with Gasteiger partial charge >= 0.3 is 0 Å². The van der Waals surface area contributed by atoms with Crippen molar-refractivity contribution >= 4 is 39.4 Å². The number of anilines is 1. The Morgan fingerprint density at radius 2 is 1.89 bits per heavy atom. The molecule has 0 aliphatic rings. The van der Waals surface area contributed by atoms with Crippen LogP contribution < -0.4 is 19.2 Å². The molecule has 0 spiro atoms. The van der Waals surface area contributed by atoms with Crippen LogP contribution in [0.3, 0.4) is 0 Å². The Balaban J connectivity index is 2.08. The van der Waals surface area contributed by atoms with E-state index >= 15 is 0 Å². The Kier molecular flexibility index (Phi) is 7.24. The van der Waals surface area contributed by atoms with Gasteiger partial charge in [-0.3, -0.25) is 9.10 Å². The molecule has 0 saturated carbocycles. The topological polar surface area (TPSA) is 97.3 Å². The molecule has 0 bridgehead atoms. The van der Waals surface area contributed by atoms with E-state index in [1.807, 2.05) is 0 Å². The van der Waals surface area contributed by atoms with Gasteiger partial charge in [0.2, 0.25) is 10.0 Å². The predicted octanol–water partition coefficient (Wildman–Crippen LogP) is 2.27. The van der Waals surface area contributed by atoms with Crippen LogP contribution in [0.25, 0.3) is 0 Å². The van der Waals surface area contributed by atoms with Gasteiger partial charge in [-0.1, -0.05) is 17.7 Å². The number of rotatable bonds is 8. The second kappa shape index (κ2) is 9.43. The van der Waals surface area contributed by atoms with E-state index in [0.29, 0.717) is 22.1 Å². The summed E-state index contributed by atoms with van der Waals surface area (Å²) in [5.41, 5.74) is 3.25. The summed E-state index contributed by atoms with van der Waals surface area (Å²) >= 11 is 5.91. The van der Waals surface area contributed by atoms with Crippen molar-refractivity contribution in [3.8, 4) is 11.5 Å². The Labute approximate surface area is 168 Å². The van der Waals surface area contributed by atoms with E-state index in [1.165, 1.54) is 26.5 Å². The highest BCUT2D eigenvalue weighted by molar-refractivity contribution is 7.92. The molecule has 28 heavy (non-hydrogen) atoms. The van der Waals surface area contributed by atoms with Crippen molar-refractivity contribution in [2.75, 3.05) is 31.3 Å². The van der Waals surface area contributed by atoms with E-state index in [9.17, 15) is 13.2 Å². The Hall–Kier alpha value is -2.78. The zero-order valence-electron chi connectivity index (χ0n) is 15.5. The summed E-state index contributed by atoms with van der Waals surface area (Å²) < 4.78 is 35.4. The Morgan fingerprint density at radius 3 is 2.50 bits per heavy atom. The minimum absolute atomic E-state index is 0.286. The lowest BCUT2D eigenvalue weighted by molar-refractivity contribution is -0.119. The zero-order chi connectivity index (χ0) is 20.7. The maximum absolute atomic E-state index is 12.2. The smallest absolute Gasteiger partial charge is 0.260 e. The molecule has 0 unspecified atom stereocenters. The molecule has 0 saturated heterocycles. The van der Waals surface area contributed by atoms with Gasteiger partial charge in [0.1, 0.15) is 6.54 Å². The minimum Gasteiger partial charge on any atom is -0.493 e. The van der Waals surface area contributed by atoms with E-state index in [0.717, 1.165) is 10.6 Å². The lowest BCUT2D eigenvalue weighted by atomic mass is 10.2. The molecule has 2 aromatic carbocycles. The molecule has 0 heterocycles. The second-order valence-electron chi connectivity index (χ2n) is 5.66. The quantitative estimate of drug-likeness (QED) is 0.517. The highest BCUT2D eigenvalue weighted by Crippen LogP contribution is 2.26. The zero-order valence-corrected chi connectivity index (χ0v) is 17.1. The van der Waals surface area contributed by atoms with Gasteiger partial charge in [-0.15, -0.1) is 0 Å². The van der Waals surface area contributed by atoms with Crippen molar-refractivity contribution < 1.29 is 22.7 Å². The SMILES string of the molecule is COc1ccc(/C=N\NC(=O)CN(c2cccc(Cl)c2)S(C)(=O)=O)cc1OC. The maximum atomic E-state index is 12.2. The van der Waals surface area contributed by atoms with Crippen molar-refractivity contribution in [1.82, 2.24) is 5.43 Å². The van der Waals surface area contributed by atoms with Gasteiger partial charge in [-0.05, 0) is 42.0 Å². The summed E-state index contributed by atoms with van der Waals surface area (Å²) in [6.45, 7) is -0.442. The number of carbonyl (C=O) groups excluding carboxylic acids is 1. The fourth-order valence-electron chi connectivity index (χ4n) is 2.31. The number of ether oxygens (including phenoxy) is 2. The molecular formula is C18H20ClN3O5S. The molecule has 2 rings (SSSR count). The number of sulfonamides is 1. The van der Waals surface area contributed by atoms with Gasteiger partial charge in [0.25, 0.3) is 5.91 Å². The summed E-state index contributed by atoms with van der Waals surface area (Å²) in [6, 6.07) is 11.3. The molecular weight excluding hydrogens is 406 g/mol. The Morgan fingerprint density at radius 1 is 1.18 bits per heavy atom. The number of hydrogen-bond acceptors (Lipinski definition) is 6. The predicted molar refractivity (Wildman–Crippen MR) is 109 cm³/mol. The summed E-state index contributed by atoms with van der Waals surface area (Å²) in [4.78, 5) is 12.2. The molecule has 2 aromatic rings. The number of hydrazone groups is 1. The van der Waals surface area contributed by atoms with Gasteiger partial charge in [-0.25, -0.2) is 13.8 Å². The van der Waals surface area contributed by atoms with Crippen molar-refractivity contribution in [3.63, 3.8) is 0 Å². The van der Waals surface area contributed by atoms with Crippen LogP contribution in [-0.2, 0) is 14.8 Å². The molecule has 0 aliphatic heterocycles. The number of nitrogens with zero attached hydrogens (tertiary/aromatic N) is 2. The van der Waals surface area contributed by atoms with Crippen molar-refractivity contribution in [2.45, 2.75) is 0 Å². The number of methoxy groups -OCH3 is 2. The van der Waals surface area contributed by atoms with Gasteiger partial charge in [-0.2, -0.15) is 5.10 Å². The van der Waals surface area contributed by atoms with Gasteiger partial charge < -0.3 is 9.47 Å². The van der Waals surface area contributed by atoms with E-state index < -0.39 is 22.5 Å². The van der Waals surface area contributed by atoms with E-state index in [1.54, 1.807) is 36.4 Å². The third-order valence-corrected chi connectivity index (χ3v) is 4.97. The summed E-state index contributed by atoms with van der Waals surface area (Å²) in [7, 11) is -0.655. The standard InChI is InChI=1S/C18H20ClN3O5S/c1-26-16-8-7-13(9-17(16)27-2)11-20-21-18(23)12-22(28(3,24)25)15-6-4-5-14(19)10-15/h4-11H,12H2,1-3H3,(H,21,23)/b20-11-. The third kappa shape index (κ3) is 5.86. The molecule has 0 aliphatic carbocycles. The number of carbonyl (C=O) groups is 1. The van der Waals surface area contributed by atoms with Crippen LogP contribution in [0, 0.1) is 0 Å². The first-order chi connectivity index (χ1) is 13.2. The average Bonchev–Trinajstić information content (AvgIpc) is 2.65. The summed E-state index contributed by atoms with van der Waals surface area (Å²) in [5, 5.41) is 4.21. The largest absolute Gasteiger partial charge is 0.493 e. The van der Waals surface area contributed by atoms with E-state index in [-0.39, 0.29) is 5.69 Å². The van der Waals surface area contributed by atoms with Crippen LogP contribution >= 0.6 is 11.6 Å². The first kappa shape index (κ1) is 21.5. The number of benzene rings is 2. The van der Waals surface area contributed by atoms with Gasteiger partial charge in [0.05, 0.1) is 32.4 Å². The average molecular weight is 426 g/mol. The molecule has 1 amide bonds. The monoisotopic (exact) mass is 425 g/mol. The molecule has 0 radical (unpaired) electrons. The highest BCUT2D eigenvalue weighted by atomic mass is 35.5. The fourth-order valence-corrected chi connectivity index (χ4v) is 3.34. The first-order valence-corrected chi connectivity index (χ1v) is 10.2. The Bertz CT molecular complexity index is 979. The van der Waals surface area contributed by atoms with Gasteiger partial charge in [0.15, 0.2) is 11.5 Å².